The zero-order valence-electron chi connectivity index (χ0n) is 13.5. The normalized spacial score (nSPS) is 11.0. The van der Waals surface area contributed by atoms with Crippen molar-refractivity contribution in [2.45, 2.75) is 0 Å². The average Bonchev–Trinajstić information content (AvgIpc) is 3.02. The molecule has 0 aliphatic rings. The van der Waals surface area contributed by atoms with Gasteiger partial charge >= 0.3 is 0 Å². The third-order valence-corrected chi connectivity index (χ3v) is 4.59. The van der Waals surface area contributed by atoms with Crippen molar-refractivity contribution in [1.29, 1.82) is 0 Å². The Kier molecular flexibility index (Phi) is 4.18. The highest BCUT2D eigenvalue weighted by molar-refractivity contribution is 6.39. The number of amides is 1. The third kappa shape index (κ3) is 2.75. The summed E-state index contributed by atoms with van der Waals surface area (Å²) in [5.74, 6) is 0.0984. The van der Waals surface area contributed by atoms with E-state index >= 15 is 0 Å². The molecule has 0 saturated carbocycles. The number of ether oxygens (including phenoxy) is 1. The van der Waals surface area contributed by atoms with Gasteiger partial charge in [-0.3, -0.25) is 9.78 Å². The zero-order valence-corrected chi connectivity index (χ0v) is 15.1. The third-order valence-electron chi connectivity index (χ3n) is 4.02. The van der Waals surface area contributed by atoms with Crippen LogP contribution < -0.4 is 10.1 Å². The van der Waals surface area contributed by atoms with Crippen molar-refractivity contribution < 1.29 is 13.9 Å². The van der Waals surface area contributed by atoms with Gasteiger partial charge in [0.25, 0.3) is 5.91 Å². The van der Waals surface area contributed by atoms with Crippen LogP contribution in [0.3, 0.4) is 0 Å². The number of nitrogens with zero attached hydrogens (tertiary/aromatic N) is 1. The molecular weight excluding hydrogens is 375 g/mol. The number of carbonyl (C=O) groups is 1. The van der Waals surface area contributed by atoms with Crippen molar-refractivity contribution in [3.05, 3.63) is 64.4 Å². The molecule has 7 heteroatoms. The van der Waals surface area contributed by atoms with Gasteiger partial charge in [0.05, 0.1) is 22.8 Å². The summed E-state index contributed by atoms with van der Waals surface area (Å²) in [5.41, 5.74) is 2.01. The highest BCUT2D eigenvalue weighted by Gasteiger charge is 2.18. The molecule has 5 nitrogen and oxygen atoms in total. The van der Waals surface area contributed by atoms with Gasteiger partial charge < -0.3 is 14.5 Å². The maximum atomic E-state index is 12.8. The highest BCUT2D eigenvalue weighted by atomic mass is 35.5. The summed E-state index contributed by atoms with van der Waals surface area (Å²) in [4.78, 5) is 16.6. The fraction of sp³-hybridized carbons (Fsp3) is 0.0526. The monoisotopic (exact) mass is 386 g/mol. The van der Waals surface area contributed by atoms with Gasteiger partial charge in [-0.25, -0.2) is 0 Å². The molecule has 0 aliphatic heterocycles. The molecule has 0 unspecified atom stereocenters. The predicted octanol–water partition coefficient (Wildman–Crippen LogP) is 5.55. The topological polar surface area (TPSA) is 64.4 Å². The smallest absolute Gasteiger partial charge is 0.255 e. The Morgan fingerprint density at radius 2 is 1.85 bits per heavy atom. The van der Waals surface area contributed by atoms with Crippen molar-refractivity contribution in [2.75, 3.05) is 12.4 Å². The molecule has 0 spiro atoms. The molecule has 4 aromatic rings. The number of anilines is 1. The molecule has 0 aliphatic carbocycles. The molecule has 0 atom stereocenters. The van der Waals surface area contributed by atoms with Gasteiger partial charge in [-0.2, -0.15) is 0 Å². The lowest BCUT2D eigenvalue weighted by Crippen LogP contribution is -2.13. The Hall–Kier alpha value is -2.76. The number of benzene rings is 2. The number of aromatic nitrogens is 1. The van der Waals surface area contributed by atoms with Crippen LogP contribution in [-0.4, -0.2) is 18.0 Å². The maximum absolute atomic E-state index is 12.8. The predicted molar refractivity (Wildman–Crippen MR) is 102 cm³/mol. The summed E-state index contributed by atoms with van der Waals surface area (Å²) in [7, 11) is 1.53. The average molecular weight is 387 g/mol. The molecule has 1 N–H and O–H groups in total. The number of methoxy groups -OCH3 is 1. The van der Waals surface area contributed by atoms with Gasteiger partial charge in [-0.1, -0.05) is 41.4 Å². The second kappa shape index (κ2) is 6.52. The number of nitrogens with one attached hydrogen (secondary N) is 1. The number of hydrogen-bond acceptors (Lipinski definition) is 4. The molecule has 0 fully saturated rings. The molecule has 4 rings (SSSR count). The molecule has 130 valence electrons. The molecule has 26 heavy (non-hydrogen) atoms. The van der Waals surface area contributed by atoms with Crippen molar-refractivity contribution >= 4 is 56.7 Å². The van der Waals surface area contributed by atoms with E-state index in [4.69, 9.17) is 32.4 Å². The largest absolute Gasteiger partial charge is 0.493 e. The molecule has 2 aromatic heterocycles. The fourth-order valence-electron chi connectivity index (χ4n) is 2.79. The summed E-state index contributed by atoms with van der Waals surface area (Å²) >= 11 is 12.1. The van der Waals surface area contributed by atoms with Crippen LogP contribution in [-0.2, 0) is 0 Å². The van der Waals surface area contributed by atoms with Gasteiger partial charge in [0.15, 0.2) is 11.3 Å². The highest BCUT2D eigenvalue weighted by Crippen LogP contribution is 2.36. The number of fused-ring (bicyclic) bond motifs is 3. The number of furan rings is 1. The van der Waals surface area contributed by atoms with Gasteiger partial charge in [0, 0.05) is 28.7 Å². The number of hydrogen-bond donors (Lipinski definition) is 1. The van der Waals surface area contributed by atoms with E-state index in [0.29, 0.717) is 22.6 Å². The van der Waals surface area contributed by atoms with Crippen LogP contribution in [0.2, 0.25) is 10.0 Å². The van der Waals surface area contributed by atoms with Crippen molar-refractivity contribution in [1.82, 2.24) is 4.98 Å². The Morgan fingerprint density at radius 3 is 2.58 bits per heavy atom. The van der Waals surface area contributed by atoms with E-state index in [1.165, 1.54) is 19.5 Å². The van der Waals surface area contributed by atoms with Crippen LogP contribution in [0.1, 0.15) is 10.4 Å². The Morgan fingerprint density at radius 1 is 1.12 bits per heavy atom. The number of pyridine rings is 1. The summed E-state index contributed by atoms with van der Waals surface area (Å²) in [6.07, 6.45) is 2.83. The van der Waals surface area contributed by atoms with Crippen LogP contribution in [0.5, 0.6) is 5.75 Å². The zero-order chi connectivity index (χ0) is 18.3. The number of para-hydroxylation sites is 1. The summed E-state index contributed by atoms with van der Waals surface area (Å²) in [6.45, 7) is 0. The molecule has 2 heterocycles. The first-order chi connectivity index (χ1) is 12.6. The summed E-state index contributed by atoms with van der Waals surface area (Å²) in [5, 5.41) is 4.92. The molecule has 0 radical (unpaired) electrons. The first kappa shape index (κ1) is 16.7. The lowest BCUT2D eigenvalue weighted by Gasteiger charge is -2.10. The van der Waals surface area contributed by atoms with E-state index in [1.807, 2.05) is 24.3 Å². The first-order valence-corrected chi connectivity index (χ1v) is 8.43. The van der Waals surface area contributed by atoms with Gasteiger partial charge in [-0.15, -0.1) is 0 Å². The molecule has 1 amide bonds. The van der Waals surface area contributed by atoms with E-state index < -0.39 is 0 Å². The van der Waals surface area contributed by atoms with Gasteiger partial charge in [0.2, 0.25) is 0 Å². The number of carbonyl (C=O) groups excluding carboxylic acids is 1. The Bertz CT molecular complexity index is 1130. The van der Waals surface area contributed by atoms with Crippen LogP contribution in [0.25, 0.3) is 21.9 Å². The van der Waals surface area contributed by atoms with E-state index in [1.54, 1.807) is 12.1 Å². The SMILES string of the molecule is COc1cc(C(=O)Nc2c(Cl)cncc2Cl)cc2c1oc1ccccc12. The minimum Gasteiger partial charge on any atom is -0.493 e. The van der Waals surface area contributed by atoms with E-state index in [-0.39, 0.29) is 16.0 Å². The van der Waals surface area contributed by atoms with Crippen LogP contribution in [0, 0.1) is 0 Å². The van der Waals surface area contributed by atoms with Crippen LogP contribution >= 0.6 is 23.2 Å². The van der Waals surface area contributed by atoms with Gasteiger partial charge in [-0.05, 0) is 18.2 Å². The molecule has 0 bridgehead atoms. The second-order valence-corrected chi connectivity index (χ2v) is 6.40. The minimum absolute atomic E-state index is 0.257. The maximum Gasteiger partial charge on any atom is 0.255 e. The van der Waals surface area contributed by atoms with E-state index in [0.717, 1.165) is 16.4 Å². The van der Waals surface area contributed by atoms with Crippen molar-refractivity contribution in [3.63, 3.8) is 0 Å². The standard InChI is InChI=1S/C19H12Cl2N2O3/c1-25-16-7-10(19(24)23-17-13(20)8-22-9-14(17)21)6-12-11-4-2-3-5-15(11)26-18(12)16/h2-9H,1H3,(H,22,23,24). The second-order valence-electron chi connectivity index (χ2n) is 5.59. The van der Waals surface area contributed by atoms with Crippen molar-refractivity contribution in [3.8, 4) is 5.75 Å². The van der Waals surface area contributed by atoms with Crippen LogP contribution in [0.15, 0.2) is 53.2 Å². The van der Waals surface area contributed by atoms with Crippen LogP contribution in [0.4, 0.5) is 5.69 Å². The number of halogens is 2. The Labute approximate surface area is 158 Å². The van der Waals surface area contributed by atoms with E-state index in [9.17, 15) is 4.79 Å². The lowest BCUT2D eigenvalue weighted by atomic mass is 10.1. The minimum atomic E-state index is -0.370. The first-order valence-electron chi connectivity index (χ1n) is 7.68. The van der Waals surface area contributed by atoms with Gasteiger partial charge in [0.1, 0.15) is 5.58 Å². The number of rotatable bonds is 3. The molecule has 0 saturated heterocycles. The lowest BCUT2D eigenvalue weighted by molar-refractivity contribution is 0.102. The fourth-order valence-corrected chi connectivity index (χ4v) is 3.25. The summed E-state index contributed by atoms with van der Waals surface area (Å²) < 4.78 is 11.3. The Balaban J connectivity index is 1.83. The van der Waals surface area contributed by atoms with Crippen molar-refractivity contribution in [2.24, 2.45) is 0 Å². The summed E-state index contributed by atoms with van der Waals surface area (Å²) in [6, 6.07) is 11.0. The van der Waals surface area contributed by atoms with E-state index in [2.05, 4.69) is 10.3 Å². The molecular formula is C19H12Cl2N2O3. The molecule has 2 aromatic carbocycles. The quantitative estimate of drug-likeness (QED) is 0.501.